The van der Waals surface area contributed by atoms with Crippen molar-refractivity contribution in [2.75, 3.05) is 19.7 Å². The van der Waals surface area contributed by atoms with Crippen molar-refractivity contribution in [2.45, 2.75) is 79.6 Å². The highest BCUT2D eigenvalue weighted by Crippen LogP contribution is 2.40. The second-order valence-corrected chi connectivity index (χ2v) is 11.2. The number of ether oxygens (including phenoxy) is 1. The predicted octanol–water partition coefficient (Wildman–Crippen LogP) is 3.64. The second-order valence-electron chi connectivity index (χ2n) is 11.2. The van der Waals surface area contributed by atoms with Crippen LogP contribution in [0.3, 0.4) is 0 Å². The topological polar surface area (TPSA) is 103 Å². The molecule has 0 bridgehead atoms. The van der Waals surface area contributed by atoms with Crippen LogP contribution in [0, 0.1) is 5.41 Å². The summed E-state index contributed by atoms with van der Waals surface area (Å²) in [6.45, 7) is 20.5. The summed E-state index contributed by atoms with van der Waals surface area (Å²) in [5.41, 5.74) is 14.1. The highest BCUT2D eigenvalue weighted by Gasteiger charge is 2.28. The first-order chi connectivity index (χ1) is 13.5. The van der Waals surface area contributed by atoms with Gasteiger partial charge in [0.05, 0.1) is 6.54 Å². The van der Waals surface area contributed by atoms with Crippen LogP contribution in [0.5, 0.6) is 5.75 Å². The molecule has 0 aliphatic carbocycles. The van der Waals surface area contributed by atoms with E-state index in [1.165, 1.54) is 5.56 Å². The van der Waals surface area contributed by atoms with Gasteiger partial charge in [0.15, 0.2) is 12.6 Å². The third kappa shape index (κ3) is 8.64. The lowest BCUT2D eigenvalue weighted by Crippen LogP contribution is -2.32. The van der Waals surface area contributed by atoms with E-state index in [0.717, 1.165) is 23.3 Å². The molecule has 0 saturated heterocycles. The van der Waals surface area contributed by atoms with Crippen LogP contribution in [0.4, 0.5) is 0 Å². The van der Waals surface area contributed by atoms with E-state index >= 15 is 0 Å². The minimum atomic E-state index is -0.192. The van der Waals surface area contributed by atoms with Gasteiger partial charge >= 0.3 is 0 Å². The van der Waals surface area contributed by atoms with Crippen LogP contribution in [-0.2, 0) is 22.0 Å². The van der Waals surface area contributed by atoms with Gasteiger partial charge in [0.2, 0.25) is 0 Å². The van der Waals surface area contributed by atoms with Crippen molar-refractivity contribution in [3.63, 3.8) is 0 Å². The maximum Gasteiger partial charge on any atom is 0.258 e. The first-order valence-electron chi connectivity index (χ1n) is 10.6. The fourth-order valence-corrected chi connectivity index (χ4v) is 3.12. The lowest BCUT2D eigenvalue weighted by molar-refractivity contribution is -0.123. The lowest BCUT2D eigenvalue weighted by Gasteiger charge is -2.31. The summed E-state index contributed by atoms with van der Waals surface area (Å²) < 4.78 is 6.15. The number of aliphatic imine (C=N–C) groups is 1. The maximum atomic E-state index is 12.3. The standard InChI is InChI=1S/C24H42N4O2/c1-22(2,3)14-16-12-17(23(4,5)6)13-18(24(7,8)9)20(16)30-15-19(29)27-10-11-28-21(25)26/h12-13H,10-11,14-15H2,1-9H3,(H,27,29)(H4,25,26,28). The van der Waals surface area contributed by atoms with Crippen LogP contribution < -0.4 is 21.5 Å². The van der Waals surface area contributed by atoms with Crippen LogP contribution in [0.15, 0.2) is 17.1 Å². The predicted molar refractivity (Wildman–Crippen MR) is 126 cm³/mol. The number of rotatable bonds is 7. The van der Waals surface area contributed by atoms with E-state index in [9.17, 15) is 4.79 Å². The van der Waals surface area contributed by atoms with Crippen LogP contribution >= 0.6 is 0 Å². The van der Waals surface area contributed by atoms with Crippen LogP contribution in [-0.4, -0.2) is 31.6 Å². The Morgan fingerprint density at radius 1 is 1.00 bits per heavy atom. The molecule has 5 N–H and O–H groups in total. The van der Waals surface area contributed by atoms with Gasteiger partial charge in [0.1, 0.15) is 5.75 Å². The first-order valence-corrected chi connectivity index (χ1v) is 10.6. The molecule has 30 heavy (non-hydrogen) atoms. The highest BCUT2D eigenvalue weighted by atomic mass is 16.5. The number of nitrogens with zero attached hydrogens (tertiary/aromatic N) is 1. The molecule has 1 amide bonds. The fraction of sp³-hybridized carbons (Fsp3) is 0.667. The second kappa shape index (κ2) is 9.71. The van der Waals surface area contributed by atoms with Crippen molar-refractivity contribution in [3.05, 3.63) is 28.8 Å². The Kier molecular flexibility index (Phi) is 8.35. The third-order valence-electron chi connectivity index (χ3n) is 4.64. The Labute approximate surface area is 182 Å². The van der Waals surface area contributed by atoms with E-state index in [-0.39, 0.29) is 34.7 Å². The normalized spacial score (nSPS) is 12.4. The molecule has 0 fully saturated rings. The number of guanidine groups is 1. The largest absolute Gasteiger partial charge is 0.483 e. The summed E-state index contributed by atoms with van der Waals surface area (Å²) >= 11 is 0. The SMILES string of the molecule is CC(C)(C)Cc1cc(C(C)(C)C)cc(C(C)(C)C)c1OCC(=O)NCCN=C(N)N. The van der Waals surface area contributed by atoms with E-state index in [1.807, 2.05) is 0 Å². The Balaban J connectivity index is 3.23. The summed E-state index contributed by atoms with van der Waals surface area (Å²) in [6, 6.07) is 4.48. The van der Waals surface area contributed by atoms with Gasteiger partial charge in [-0.1, -0.05) is 74.4 Å². The van der Waals surface area contributed by atoms with Gasteiger partial charge in [-0.2, -0.15) is 0 Å². The molecule has 0 aliphatic rings. The molecule has 0 unspecified atom stereocenters. The van der Waals surface area contributed by atoms with E-state index in [0.29, 0.717) is 13.1 Å². The number of amides is 1. The molecule has 170 valence electrons. The van der Waals surface area contributed by atoms with E-state index in [1.54, 1.807) is 0 Å². The van der Waals surface area contributed by atoms with Crippen molar-refractivity contribution in [3.8, 4) is 5.75 Å². The van der Waals surface area contributed by atoms with Gasteiger partial charge in [-0.05, 0) is 33.8 Å². The van der Waals surface area contributed by atoms with Gasteiger partial charge in [0, 0.05) is 12.1 Å². The molecule has 0 spiro atoms. The highest BCUT2D eigenvalue weighted by molar-refractivity contribution is 5.78. The van der Waals surface area contributed by atoms with Gasteiger partial charge in [-0.25, -0.2) is 0 Å². The molecule has 6 heteroatoms. The molecule has 6 nitrogen and oxygen atoms in total. The summed E-state index contributed by atoms with van der Waals surface area (Å²) in [7, 11) is 0. The average Bonchev–Trinajstić information content (AvgIpc) is 2.53. The van der Waals surface area contributed by atoms with Gasteiger partial charge in [-0.3, -0.25) is 9.79 Å². The number of hydrogen-bond acceptors (Lipinski definition) is 3. The number of carbonyl (C=O) groups is 1. The first kappa shape index (κ1) is 25.8. The maximum absolute atomic E-state index is 12.3. The van der Waals surface area contributed by atoms with Crippen molar-refractivity contribution in [1.82, 2.24) is 5.32 Å². The van der Waals surface area contributed by atoms with E-state index in [2.05, 4.69) is 84.8 Å². The minimum absolute atomic E-state index is 0.0149. The average molecular weight is 419 g/mol. The third-order valence-corrected chi connectivity index (χ3v) is 4.64. The van der Waals surface area contributed by atoms with Crippen LogP contribution in [0.2, 0.25) is 0 Å². The molecule has 0 heterocycles. The van der Waals surface area contributed by atoms with Gasteiger partial charge in [0.25, 0.3) is 5.91 Å². The van der Waals surface area contributed by atoms with E-state index in [4.69, 9.17) is 16.2 Å². The number of hydrogen-bond donors (Lipinski definition) is 3. The Bertz CT molecular complexity index is 759. The monoisotopic (exact) mass is 418 g/mol. The Morgan fingerprint density at radius 2 is 1.60 bits per heavy atom. The molecule has 1 aromatic rings. The molecule has 0 radical (unpaired) electrons. The molecule has 0 aromatic heterocycles. The van der Waals surface area contributed by atoms with Crippen LogP contribution in [0.25, 0.3) is 0 Å². The molecule has 0 atom stereocenters. The van der Waals surface area contributed by atoms with E-state index < -0.39 is 0 Å². The molecular formula is C24H42N4O2. The zero-order valence-corrected chi connectivity index (χ0v) is 20.4. The summed E-state index contributed by atoms with van der Waals surface area (Å²) in [4.78, 5) is 16.2. The van der Waals surface area contributed by atoms with Gasteiger partial charge < -0.3 is 21.5 Å². The quantitative estimate of drug-likeness (QED) is 0.357. The zero-order chi connectivity index (χ0) is 23.3. The minimum Gasteiger partial charge on any atom is -0.483 e. The number of nitrogens with two attached hydrogens (primary N) is 2. The molecule has 1 rings (SSSR count). The van der Waals surface area contributed by atoms with Crippen molar-refractivity contribution >= 4 is 11.9 Å². The molecule has 0 saturated carbocycles. The summed E-state index contributed by atoms with van der Waals surface area (Å²) in [6.07, 6.45) is 0.863. The zero-order valence-electron chi connectivity index (χ0n) is 20.4. The van der Waals surface area contributed by atoms with Gasteiger partial charge in [-0.15, -0.1) is 0 Å². The smallest absolute Gasteiger partial charge is 0.258 e. The fourth-order valence-electron chi connectivity index (χ4n) is 3.12. The van der Waals surface area contributed by atoms with Crippen LogP contribution in [0.1, 0.15) is 79.0 Å². The van der Waals surface area contributed by atoms with Crippen molar-refractivity contribution in [2.24, 2.45) is 21.9 Å². The molecular weight excluding hydrogens is 376 g/mol. The summed E-state index contributed by atoms with van der Waals surface area (Å²) in [5, 5.41) is 2.79. The number of nitrogens with one attached hydrogen (secondary N) is 1. The Morgan fingerprint density at radius 3 is 2.07 bits per heavy atom. The molecule has 1 aromatic carbocycles. The van der Waals surface area contributed by atoms with Crippen molar-refractivity contribution in [1.29, 1.82) is 0 Å². The number of benzene rings is 1. The Hall–Kier alpha value is -2.24. The number of carbonyl (C=O) groups excluding carboxylic acids is 1. The molecule has 0 aliphatic heterocycles. The summed E-state index contributed by atoms with van der Waals surface area (Å²) in [5.74, 6) is 0.646. The lowest BCUT2D eigenvalue weighted by atomic mass is 9.76. The van der Waals surface area contributed by atoms with Crippen molar-refractivity contribution < 1.29 is 9.53 Å².